The molecule has 4 aromatic rings. The summed E-state index contributed by atoms with van der Waals surface area (Å²) in [6, 6.07) is 18.6. The average molecular weight is 714 g/mol. The van der Waals surface area contributed by atoms with Gasteiger partial charge in [0.1, 0.15) is 17.2 Å². The molecule has 0 amide bonds. The number of rotatable bonds is 17. The zero-order valence-corrected chi connectivity index (χ0v) is 29.9. The molecule has 12 heteroatoms. The van der Waals surface area contributed by atoms with Crippen LogP contribution in [0.5, 0.6) is 17.2 Å². The van der Waals surface area contributed by atoms with E-state index in [4.69, 9.17) is 13.2 Å². The van der Waals surface area contributed by atoms with E-state index in [2.05, 4.69) is 0 Å². The topological polar surface area (TPSA) is 116 Å². The fourth-order valence-electron chi connectivity index (χ4n) is 5.57. The van der Waals surface area contributed by atoms with E-state index in [1.807, 2.05) is 18.9 Å². The molecule has 3 aromatic carbocycles. The molecule has 0 radical (unpaired) electrons. The summed E-state index contributed by atoms with van der Waals surface area (Å²) in [6.45, 7) is 5.74. The standard InChI is InChI=1S/C36H43NO8S3/c1-3-5-10-24-47(39,40)44-30-18-14-28(15-19-30)36-34(35(38)27-12-16-29(17-13-27)43-37-22-8-7-9-23-37)32-21-20-31(26-33(32)46-36)45-48(41,42)25-11-6-4-2/h12-21,26H,3-11,22-25H2,1-2H3. The van der Waals surface area contributed by atoms with Gasteiger partial charge in [-0.3, -0.25) is 4.79 Å². The third-order valence-electron chi connectivity index (χ3n) is 8.11. The second-order valence-electron chi connectivity index (χ2n) is 12.0. The molecule has 0 unspecified atom stereocenters. The number of nitrogens with zero attached hydrogens (tertiary/aromatic N) is 1. The highest BCUT2D eigenvalue weighted by atomic mass is 32.2. The summed E-state index contributed by atoms with van der Waals surface area (Å²) in [5.74, 6) is 0.697. The van der Waals surface area contributed by atoms with E-state index >= 15 is 0 Å². The van der Waals surface area contributed by atoms with Crippen LogP contribution in [0.25, 0.3) is 20.5 Å². The number of fused-ring (bicyclic) bond motifs is 1. The molecule has 1 aliphatic heterocycles. The van der Waals surface area contributed by atoms with Crippen LogP contribution < -0.4 is 13.2 Å². The van der Waals surface area contributed by atoms with Crippen LogP contribution in [-0.4, -0.2) is 52.3 Å². The second-order valence-corrected chi connectivity index (χ2v) is 16.5. The second kappa shape index (κ2) is 16.3. The SMILES string of the molecule is CCCCCS(=O)(=O)Oc1ccc(-c2sc3cc(OS(=O)(=O)CCCCC)ccc3c2C(=O)c2ccc(ON3CCCCC3)cc2)cc1. The Labute approximate surface area is 288 Å². The Morgan fingerprint density at radius 3 is 1.88 bits per heavy atom. The van der Waals surface area contributed by atoms with Crippen LogP contribution in [0, 0.1) is 0 Å². The fourth-order valence-corrected chi connectivity index (χ4v) is 8.89. The van der Waals surface area contributed by atoms with Gasteiger partial charge >= 0.3 is 20.2 Å². The van der Waals surface area contributed by atoms with Crippen molar-refractivity contribution in [1.82, 2.24) is 5.06 Å². The minimum atomic E-state index is -3.77. The van der Waals surface area contributed by atoms with E-state index in [1.165, 1.54) is 17.8 Å². The third kappa shape index (κ3) is 9.58. The smallest absolute Gasteiger partial charge is 0.309 e. The zero-order chi connectivity index (χ0) is 34.1. The van der Waals surface area contributed by atoms with Gasteiger partial charge in [-0.25, -0.2) is 0 Å². The lowest BCUT2D eigenvalue weighted by Gasteiger charge is -2.26. The van der Waals surface area contributed by atoms with E-state index in [-0.39, 0.29) is 28.8 Å². The number of hydrogen-bond acceptors (Lipinski definition) is 10. The lowest BCUT2D eigenvalue weighted by atomic mass is 9.97. The summed E-state index contributed by atoms with van der Waals surface area (Å²) < 4.78 is 61.6. The van der Waals surface area contributed by atoms with Gasteiger partial charge in [0.2, 0.25) is 0 Å². The lowest BCUT2D eigenvalue weighted by Crippen LogP contribution is -2.32. The van der Waals surface area contributed by atoms with Gasteiger partial charge in [-0.05, 0) is 98.0 Å². The van der Waals surface area contributed by atoms with Crippen molar-refractivity contribution in [3.05, 3.63) is 77.9 Å². The molecule has 2 heterocycles. The molecule has 1 aliphatic rings. The van der Waals surface area contributed by atoms with Gasteiger partial charge in [-0.2, -0.15) is 16.8 Å². The summed E-state index contributed by atoms with van der Waals surface area (Å²) in [5, 5.41) is 2.60. The number of hydroxylamine groups is 2. The van der Waals surface area contributed by atoms with Crippen LogP contribution in [0.2, 0.25) is 0 Å². The fraction of sp³-hybridized carbons (Fsp3) is 0.417. The molecular weight excluding hydrogens is 671 g/mol. The maximum Gasteiger partial charge on any atom is 0.309 e. The number of benzene rings is 3. The maximum atomic E-state index is 14.2. The van der Waals surface area contributed by atoms with Crippen molar-refractivity contribution in [2.45, 2.75) is 71.6 Å². The van der Waals surface area contributed by atoms with Crippen molar-refractivity contribution in [1.29, 1.82) is 0 Å². The minimum Gasteiger partial charge on any atom is -0.406 e. The Kier molecular flexibility index (Phi) is 12.2. The van der Waals surface area contributed by atoms with Gasteiger partial charge in [0, 0.05) is 39.2 Å². The molecule has 0 spiro atoms. The van der Waals surface area contributed by atoms with Crippen LogP contribution in [0.15, 0.2) is 66.7 Å². The average Bonchev–Trinajstić information content (AvgIpc) is 3.44. The highest BCUT2D eigenvalue weighted by Gasteiger charge is 2.24. The molecule has 1 fully saturated rings. The van der Waals surface area contributed by atoms with Crippen LogP contribution in [0.4, 0.5) is 0 Å². The van der Waals surface area contributed by atoms with Crippen molar-refractivity contribution in [3.8, 4) is 27.7 Å². The van der Waals surface area contributed by atoms with Crippen molar-refractivity contribution in [2.75, 3.05) is 24.6 Å². The minimum absolute atomic E-state index is 0.0574. The largest absolute Gasteiger partial charge is 0.406 e. The first kappa shape index (κ1) is 35.8. The van der Waals surface area contributed by atoms with E-state index in [0.29, 0.717) is 50.2 Å². The molecule has 1 aromatic heterocycles. The molecular formula is C36H43NO8S3. The summed E-state index contributed by atoms with van der Waals surface area (Å²) >= 11 is 1.33. The van der Waals surface area contributed by atoms with E-state index in [0.717, 1.165) is 51.6 Å². The molecule has 5 rings (SSSR count). The van der Waals surface area contributed by atoms with Crippen molar-refractivity contribution < 1.29 is 34.8 Å². The molecule has 0 saturated carbocycles. The number of hydrogen-bond donors (Lipinski definition) is 0. The van der Waals surface area contributed by atoms with Crippen molar-refractivity contribution in [2.24, 2.45) is 0 Å². The first-order valence-corrected chi connectivity index (χ1v) is 20.6. The summed E-state index contributed by atoms with van der Waals surface area (Å²) in [6.07, 6.45) is 7.81. The number of thiophene rings is 1. The van der Waals surface area contributed by atoms with Gasteiger partial charge in [-0.1, -0.05) is 46.0 Å². The first-order valence-electron chi connectivity index (χ1n) is 16.7. The van der Waals surface area contributed by atoms with E-state index in [9.17, 15) is 21.6 Å². The Morgan fingerprint density at radius 2 is 1.27 bits per heavy atom. The van der Waals surface area contributed by atoms with Crippen molar-refractivity contribution >= 4 is 47.4 Å². The molecule has 48 heavy (non-hydrogen) atoms. The molecule has 0 N–H and O–H groups in total. The Balaban J connectivity index is 1.46. The van der Waals surface area contributed by atoms with Crippen LogP contribution >= 0.6 is 11.3 Å². The molecule has 0 aliphatic carbocycles. The molecule has 1 saturated heterocycles. The van der Waals surface area contributed by atoms with Crippen LogP contribution in [0.3, 0.4) is 0 Å². The highest BCUT2D eigenvalue weighted by molar-refractivity contribution is 7.87. The molecule has 0 bridgehead atoms. The zero-order valence-electron chi connectivity index (χ0n) is 27.5. The highest BCUT2D eigenvalue weighted by Crippen LogP contribution is 2.42. The normalized spacial score (nSPS) is 14.2. The van der Waals surface area contributed by atoms with E-state index in [1.54, 1.807) is 66.7 Å². The monoisotopic (exact) mass is 713 g/mol. The first-order chi connectivity index (χ1) is 23.1. The number of ketones is 1. The van der Waals surface area contributed by atoms with Gasteiger partial charge in [0.15, 0.2) is 5.78 Å². The van der Waals surface area contributed by atoms with Crippen molar-refractivity contribution in [3.63, 3.8) is 0 Å². The third-order valence-corrected chi connectivity index (χ3v) is 11.8. The predicted octanol–water partition coefficient (Wildman–Crippen LogP) is 8.38. The molecule has 0 atom stereocenters. The number of unbranched alkanes of at least 4 members (excludes halogenated alkanes) is 4. The molecule has 9 nitrogen and oxygen atoms in total. The summed E-state index contributed by atoms with van der Waals surface area (Å²) in [4.78, 5) is 20.8. The molecule has 258 valence electrons. The number of piperidine rings is 1. The van der Waals surface area contributed by atoms with Gasteiger partial charge in [0.05, 0.1) is 11.5 Å². The lowest BCUT2D eigenvalue weighted by molar-refractivity contribution is -0.0720. The van der Waals surface area contributed by atoms with Gasteiger partial charge < -0.3 is 13.2 Å². The summed E-state index contributed by atoms with van der Waals surface area (Å²) in [7, 11) is -7.50. The summed E-state index contributed by atoms with van der Waals surface area (Å²) in [5.41, 5.74) is 1.62. The van der Waals surface area contributed by atoms with E-state index < -0.39 is 20.2 Å². The number of carbonyl (C=O) groups excluding carboxylic acids is 1. The Hall–Kier alpha value is -3.45. The number of carbonyl (C=O) groups is 1. The predicted molar refractivity (Wildman–Crippen MR) is 191 cm³/mol. The van der Waals surface area contributed by atoms with Gasteiger partial charge in [-0.15, -0.1) is 16.4 Å². The maximum absolute atomic E-state index is 14.2. The van der Waals surface area contributed by atoms with Gasteiger partial charge in [0.25, 0.3) is 0 Å². The Morgan fingerprint density at radius 1 is 0.708 bits per heavy atom. The van der Waals surface area contributed by atoms with Crippen LogP contribution in [0.1, 0.15) is 87.6 Å². The Bertz CT molecular complexity index is 1900. The quantitative estimate of drug-likeness (QED) is 0.0604. The van der Waals surface area contributed by atoms with Crippen LogP contribution in [-0.2, 0) is 20.2 Å².